The molecule has 3 aromatic heterocycles. The van der Waals surface area contributed by atoms with E-state index in [0.717, 1.165) is 5.52 Å². The lowest BCUT2D eigenvalue weighted by atomic mass is 10.0. The van der Waals surface area contributed by atoms with Gasteiger partial charge in [-0.15, -0.1) is 0 Å². The number of aromatic nitrogens is 2. The van der Waals surface area contributed by atoms with Gasteiger partial charge in [-0.2, -0.15) is 0 Å². The lowest BCUT2D eigenvalue weighted by Crippen LogP contribution is -1.95. The summed E-state index contributed by atoms with van der Waals surface area (Å²) in [5, 5.41) is 2.54. The van der Waals surface area contributed by atoms with Crippen LogP contribution in [0.2, 0.25) is 0 Å². The molecule has 0 bridgehead atoms. The van der Waals surface area contributed by atoms with Crippen LogP contribution in [0.15, 0.2) is 36.5 Å². The molecule has 0 N–H and O–H groups in total. The topological polar surface area (TPSA) is 17.3 Å². The van der Waals surface area contributed by atoms with Crippen molar-refractivity contribution >= 4 is 27.3 Å². The fourth-order valence-corrected chi connectivity index (χ4v) is 3.42. The molecule has 2 nitrogen and oxygen atoms in total. The number of fused-ring (bicyclic) bond motifs is 6. The maximum Gasteiger partial charge on any atom is 0.0949 e. The van der Waals surface area contributed by atoms with E-state index in [-0.39, 0.29) is 0 Å². The number of benzene rings is 1. The van der Waals surface area contributed by atoms with Crippen LogP contribution in [0.5, 0.6) is 0 Å². The van der Waals surface area contributed by atoms with Gasteiger partial charge in [-0.3, -0.25) is 4.98 Å². The van der Waals surface area contributed by atoms with Crippen molar-refractivity contribution in [1.82, 2.24) is 9.38 Å². The molecule has 0 aliphatic carbocycles. The van der Waals surface area contributed by atoms with Crippen molar-refractivity contribution in [1.29, 1.82) is 0 Å². The normalized spacial score (nSPS) is 11.8. The van der Waals surface area contributed by atoms with Gasteiger partial charge in [0, 0.05) is 22.7 Å². The fourth-order valence-electron chi connectivity index (χ4n) is 3.42. The Morgan fingerprint density at radius 3 is 2.52 bits per heavy atom. The number of pyridine rings is 2. The summed E-state index contributed by atoms with van der Waals surface area (Å²) in [6, 6.07) is 10.9. The van der Waals surface area contributed by atoms with E-state index in [4.69, 9.17) is 0 Å². The van der Waals surface area contributed by atoms with Gasteiger partial charge in [-0.25, -0.2) is 0 Å². The second-order valence-corrected chi connectivity index (χ2v) is 5.94. The number of nitrogens with zero attached hydrogens (tertiary/aromatic N) is 2. The zero-order valence-electron chi connectivity index (χ0n) is 12.9. The molecular formula is C19H18N2. The molecular weight excluding hydrogens is 256 g/mol. The van der Waals surface area contributed by atoms with Crippen LogP contribution in [-0.2, 0) is 0 Å². The van der Waals surface area contributed by atoms with E-state index >= 15 is 0 Å². The Hall–Kier alpha value is -2.35. The van der Waals surface area contributed by atoms with Crippen LogP contribution in [0, 0.1) is 27.7 Å². The Labute approximate surface area is 124 Å². The molecule has 2 heteroatoms. The fraction of sp³-hybridized carbons (Fsp3) is 0.211. The van der Waals surface area contributed by atoms with E-state index in [9.17, 15) is 0 Å². The molecule has 0 aliphatic heterocycles. The van der Waals surface area contributed by atoms with Crippen LogP contribution in [-0.4, -0.2) is 9.38 Å². The molecule has 0 atom stereocenters. The maximum absolute atomic E-state index is 4.66. The van der Waals surface area contributed by atoms with Crippen LogP contribution < -0.4 is 0 Å². The minimum absolute atomic E-state index is 1.09. The Balaban J connectivity index is 2.47. The molecule has 0 radical (unpaired) electrons. The lowest BCUT2D eigenvalue weighted by molar-refractivity contribution is 1.14. The van der Waals surface area contributed by atoms with Gasteiger partial charge >= 0.3 is 0 Å². The zero-order valence-corrected chi connectivity index (χ0v) is 12.9. The van der Waals surface area contributed by atoms with Gasteiger partial charge in [-0.1, -0.05) is 17.7 Å². The first-order valence-electron chi connectivity index (χ1n) is 7.35. The smallest absolute Gasteiger partial charge is 0.0949 e. The molecule has 3 heterocycles. The van der Waals surface area contributed by atoms with Crippen molar-refractivity contribution in [2.75, 3.05) is 0 Å². The van der Waals surface area contributed by atoms with Gasteiger partial charge in [0.25, 0.3) is 0 Å². The van der Waals surface area contributed by atoms with E-state index in [1.165, 1.54) is 44.2 Å². The van der Waals surface area contributed by atoms with Gasteiger partial charge in [0.1, 0.15) is 0 Å². The standard InChI is InChI=1S/C19H18N2/c1-11-7-8-15-16(10-11)18-17(6-5-9-20-18)21-14(4)12(2)13(3)19(15)21/h5-10H,1-4H3. The van der Waals surface area contributed by atoms with Crippen LogP contribution in [0.3, 0.4) is 0 Å². The third-order valence-corrected chi connectivity index (χ3v) is 4.73. The number of hydrogen-bond acceptors (Lipinski definition) is 1. The minimum Gasteiger partial charge on any atom is -0.311 e. The molecule has 21 heavy (non-hydrogen) atoms. The molecule has 0 aliphatic rings. The first kappa shape index (κ1) is 12.4. The minimum atomic E-state index is 1.09. The lowest BCUT2D eigenvalue weighted by Gasteiger charge is -2.11. The first-order chi connectivity index (χ1) is 10.1. The summed E-state index contributed by atoms with van der Waals surface area (Å²) >= 11 is 0. The van der Waals surface area contributed by atoms with E-state index < -0.39 is 0 Å². The second kappa shape index (κ2) is 4.08. The van der Waals surface area contributed by atoms with Crippen LogP contribution in [0.25, 0.3) is 27.3 Å². The molecule has 4 aromatic rings. The molecule has 0 fully saturated rings. The van der Waals surface area contributed by atoms with E-state index in [0.29, 0.717) is 0 Å². The Kier molecular flexibility index (Phi) is 2.41. The number of aryl methyl sites for hydroxylation is 3. The molecule has 0 unspecified atom stereocenters. The molecule has 0 amide bonds. The average Bonchev–Trinajstić information content (AvgIpc) is 2.72. The first-order valence-corrected chi connectivity index (χ1v) is 7.35. The second-order valence-electron chi connectivity index (χ2n) is 5.94. The van der Waals surface area contributed by atoms with Gasteiger partial charge in [0.2, 0.25) is 0 Å². The third-order valence-electron chi connectivity index (χ3n) is 4.73. The van der Waals surface area contributed by atoms with Gasteiger partial charge < -0.3 is 4.40 Å². The summed E-state index contributed by atoms with van der Waals surface area (Å²) in [6.45, 7) is 8.76. The molecule has 4 rings (SSSR count). The van der Waals surface area contributed by atoms with Crippen molar-refractivity contribution in [3.8, 4) is 0 Å². The van der Waals surface area contributed by atoms with Gasteiger partial charge in [0.15, 0.2) is 0 Å². The number of hydrogen-bond donors (Lipinski definition) is 0. The van der Waals surface area contributed by atoms with Gasteiger partial charge in [-0.05, 0) is 57.0 Å². The van der Waals surface area contributed by atoms with Crippen LogP contribution in [0.4, 0.5) is 0 Å². The average molecular weight is 274 g/mol. The van der Waals surface area contributed by atoms with E-state index in [1.54, 1.807) is 0 Å². The SMILES string of the molecule is Cc1ccc2c(c1)c1ncccc1n1c(C)c(C)c(C)c21. The third kappa shape index (κ3) is 1.50. The Bertz CT molecular complexity index is 1020. The predicted molar refractivity (Wildman–Crippen MR) is 89.2 cm³/mol. The van der Waals surface area contributed by atoms with E-state index in [1.807, 2.05) is 12.3 Å². The highest BCUT2D eigenvalue weighted by Gasteiger charge is 2.16. The summed E-state index contributed by atoms with van der Waals surface area (Å²) in [7, 11) is 0. The van der Waals surface area contributed by atoms with Crippen molar-refractivity contribution < 1.29 is 0 Å². The van der Waals surface area contributed by atoms with Crippen molar-refractivity contribution in [3.63, 3.8) is 0 Å². The zero-order chi connectivity index (χ0) is 14.7. The van der Waals surface area contributed by atoms with Crippen LogP contribution in [0.1, 0.15) is 22.4 Å². The largest absolute Gasteiger partial charge is 0.311 e. The van der Waals surface area contributed by atoms with Crippen molar-refractivity contribution in [2.24, 2.45) is 0 Å². The van der Waals surface area contributed by atoms with E-state index in [2.05, 4.69) is 61.3 Å². The van der Waals surface area contributed by atoms with Crippen LogP contribution >= 0.6 is 0 Å². The molecule has 0 saturated carbocycles. The Morgan fingerprint density at radius 1 is 0.905 bits per heavy atom. The quantitative estimate of drug-likeness (QED) is 0.418. The summed E-state index contributed by atoms with van der Waals surface area (Å²) in [4.78, 5) is 4.66. The molecule has 1 aromatic carbocycles. The predicted octanol–water partition coefficient (Wildman–Crippen LogP) is 4.87. The number of rotatable bonds is 0. The van der Waals surface area contributed by atoms with Crippen molar-refractivity contribution in [3.05, 3.63) is 58.9 Å². The monoisotopic (exact) mass is 274 g/mol. The summed E-state index contributed by atoms with van der Waals surface area (Å²) in [5.41, 5.74) is 8.92. The summed E-state index contributed by atoms with van der Waals surface area (Å²) in [5.74, 6) is 0. The summed E-state index contributed by atoms with van der Waals surface area (Å²) < 4.78 is 2.37. The molecule has 0 saturated heterocycles. The molecule has 104 valence electrons. The maximum atomic E-state index is 4.66. The highest BCUT2D eigenvalue weighted by Crippen LogP contribution is 2.34. The highest BCUT2D eigenvalue weighted by atomic mass is 14.9. The molecule has 0 spiro atoms. The van der Waals surface area contributed by atoms with Crippen molar-refractivity contribution in [2.45, 2.75) is 27.7 Å². The summed E-state index contributed by atoms with van der Waals surface area (Å²) in [6.07, 6.45) is 1.88. The Morgan fingerprint density at radius 2 is 1.71 bits per heavy atom. The highest BCUT2D eigenvalue weighted by molar-refractivity contribution is 6.12. The van der Waals surface area contributed by atoms with Gasteiger partial charge in [0.05, 0.1) is 16.6 Å².